The smallest absolute Gasteiger partial charge is 0.127 e. The Balaban J connectivity index is 0.00000112. The highest BCUT2D eigenvalue weighted by Gasteiger charge is 2.20. The van der Waals surface area contributed by atoms with Gasteiger partial charge in [-0.25, -0.2) is 4.68 Å². The summed E-state index contributed by atoms with van der Waals surface area (Å²) in [6.45, 7) is 4.01. The van der Waals surface area contributed by atoms with Gasteiger partial charge in [0, 0.05) is 24.6 Å². The van der Waals surface area contributed by atoms with E-state index in [0.29, 0.717) is 0 Å². The van der Waals surface area contributed by atoms with Gasteiger partial charge in [-0.2, -0.15) is 5.10 Å². The molecule has 16 heavy (non-hydrogen) atoms. The van der Waals surface area contributed by atoms with Gasteiger partial charge in [0.15, 0.2) is 0 Å². The van der Waals surface area contributed by atoms with E-state index in [1.54, 1.807) is 0 Å². The molecule has 1 unspecified atom stereocenters. The van der Waals surface area contributed by atoms with Gasteiger partial charge in [0.1, 0.15) is 5.82 Å². The van der Waals surface area contributed by atoms with E-state index in [1.165, 1.54) is 0 Å². The van der Waals surface area contributed by atoms with Crippen LogP contribution in [-0.4, -0.2) is 22.5 Å². The number of nitrogens with two attached hydrogens (primary N) is 2. The zero-order valence-corrected chi connectivity index (χ0v) is 10.9. The molecule has 1 aliphatic heterocycles. The average molecular weight is 268 g/mol. The highest BCUT2D eigenvalue weighted by Crippen LogP contribution is 2.26. The molecule has 1 aliphatic rings. The van der Waals surface area contributed by atoms with Crippen LogP contribution in [-0.2, 0) is 6.54 Å². The SMILES string of the molecule is CC(c1cnn2c1NCCC2)C(N)N.Cl.Cl. The zero-order valence-electron chi connectivity index (χ0n) is 9.22. The summed E-state index contributed by atoms with van der Waals surface area (Å²) in [6.07, 6.45) is 2.66. The molecule has 2 rings (SSSR count). The van der Waals surface area contributed by atoms with Crippen molar-refractivity contribution >= 4 is 30.6 Å². The summed E-state index contributed by atoms with van der Waals surface area (Å²) in [5.74, 6) is 1.23. The van der Waals surface area contributed by atoms with E-state index in [0.717, 1.165) is 30.9 Å². The second kappa shape index (κ2) is 6.30. The summed E-state index contributed by atoms with van der Waals surface area (Å²) in [5, 5.41) is 7.64. The Labute approximate surface area is 108 Å². The number of hydrogen-bond acceptors (Lipinski definition) is 4. The van der Waals surface area contributed by atoms with Crippen LogP contribution in [0.4, 0.5) is 5.82 Å². The van der Waals surface area contributed by atoms with Crippen molar-refractivity contribution in [2.45, 2.75) is 32.0 Å². The van der Waals surface area contributed by atoms with Crippen LogP contribution in [0.2, 0.25) is 0 Å². The van der Waals surface area contributed by atoms with Gasteiger partial charge in [0.05, 0.1) is 12.4 Å². The molecule has 0 fully saturated rings. The molecule has 7 heteroatoms. The van der Waals surface area contributed by atoms with Crippen LogP contribution in [0.25, 0.3) is 0 Å². The first-order valence-electron chi connectivity index (χ1n) is 5.01. The Morgan fingerprint density at radius 1 is 1.44 bits per heavy atom. The number of halogens is 2. The maximum Gasteiger partial charge on any atom is 0.127 e. The van der Waals surface area contributed by atoms with Gasteiger partial charge in [-0.05, 0) is 6.42 Å². The van der Waals surface area contributed by atoms with E-state index in [1.807, 2.05) is 17.8 Å². The first kappa shape index (κ1) is 15.5. The van der Waals surface area contributed by atoms with Crippen molar-refractivity contribution in [3.05, 3.63) is 11.8 Å². The number of aryl methyl sites for hydroxylation is 1. The third-order valence-electron chi connectivity index (χ3n) is 2.77. The number of anilines is 1. The van der Waals surface area contributed by atoms with Crippen molar-refractivity contribution in [2.75, 3.05) is 11.9 Å². The summed E-state index contributed by atoms with van der Waals surface area (Å²) < 4.78 is 1.98. The van der Waals surface area contributed by atoms with Gasteiger partial charge < -0.3 is 16.8 Å². The summed E-state index contributed by atoms with van der Waals surface area (Å²) in [6, 6.07) is 0. The van der Waals surface area contributed by atoms with Crippen molar-refractivity contribution in [2.24, 2.45) is 11.5 Å². The molecule has 2 heterocycles. The van der Waals surface area contributed by atoms with Crippen molar-refractivity contribution in [1.82, 2.24) is 9.78 Å². The number of hydrogen-bond donors (Lipinski definition) is 3. The molecule has 5 nitrogen and oxygen atoms in total. The topological polar surface area (TPSA) is 81.9 Å². The molecule has 0 aliphatic carbocycles. The van der Waals surface area contributed by atoms with Crippen LogP contribution in [0, 0.1) is 0 Å². The molecule has 0 radical (unpaired) electrons. The number of aromatic nitrogens is 2. The second-order valence-corrected chi connectivity index (χ2v) is 3.82. The quantitative estimate of drug-likeness (QED) is 0.696. The summed E-state index contributed by atoms with van der Waals surface area (Å²) in [4.78, 5) is 0. The third kappa shape index (κ3) is 2.79. The fraction of sp³-hybridized carbons (Fsp3) is 0.667. The Bertz CT molecular complexity index is 326. The molecule has 0 saturated carbocycles. The number of fused-ring (bicyclic) bond motifs is 1. The maximum atomic E-state index is 5.67. The highest BCUT2D eigenvalue weighted by molar-refractivity contribution is 5.85. The summed E-state index contributed by atoms with van der Waals surface area (Å²) in [7, 11) is 0. The molecule has 0 spiro atoms. The molecule has 94 valence electrons. The Morgan fingerprint density at radius 3 is 2.75 bits per heavy atom. The van der Waals surface area contributed by atoms with E-state index in [2.05, 4.69) is 10.4 Å². The van der Waals surface area contributed by atoms with Crippen molar-refractivity contribution in [1.29, 1.82) is 0 Å². The number of rotatable bonds is 2. The monoisotopic (exact) mass is 267 g/mol. The molecule has 0 amide bonds. The van der Waals surface area contributed by atoms with Gasteiger partial charge in [0.2, 0.25) is 0 Å². The largest absolute Gasteiger partial charge is 0.370 e. The first-order valence-corrected chi connectivity index (χ1v) is 5.01. The van der Waals surface area contributed by atoms with E-state index < -0.39 is 0 Å². The summed E-state index contributed by atoms with van der Waals surface area (Å²) >= 11 is 0. The average Bonchev–Trinajstić information content (AvgIpc) is 2.60. The standard InChI is InChI=1S/C9H17N5.2ClH/c1-6(8(10)11)7-5-13-14-4-2-3-12-9(7)14;;/h5-6,8,12H,2-4,10-11H2,1H3;2*1H. The maximum absolute atomic E-state index is 5.67. The predicted octanol–water partition coefficient (Wildman–Crippen LogP) is 0.889. The lowest BCUT2D eigenvalue weighted by molar-refractivity contribution is 0.559. The van der Waals surface area contributed by atoms with Gasteiger partial charge in [-0.3, -0.25) is 0 Å². The predicted molar refractivity (Wildman–Crippen MR) is 70.4 cm³/mol. The minimum Gasteiger partial charge on any atom is -0.370 e. The van der Waals surface area contributed by atoms with Crippen LogP contribution in [0.3, 0.4) is 0 Å². The first-order chi connectivity index (χ1) is 6.70. The normalized spacial score (nSPS) is 15.5. The van der Waals surface area contributed by atoms with Crippen LogP contribution in [0.15, 0.2) is 6.20 Å². The molecule has 0 bridgehead atoms. The Morgan fingerprint density at radius 2 is 2.12 bits per heavy atom. The summed E-state index contributed by atoms with van der Waals surface area (Å²) in [5.41, 5.74) is 12.5. The van der Waals surface area contributed by atoms with Crippen molar-refractivity contribution < 1.29 is 0 Å². The van der Waals surface area contributed by atoms with Gasteiger partial charge in [0.25, 0.3) is 0 Å². The molecule has 1 atom stereocenters. The van der Waals surface area contributed by atoms with Gasteiger partial charge >= 0.3 is 0 Å². The Kier molecular flexibility index (Phi) is 6.10. The molecular weight excluding hydrogens is 249 g/mol. The zero-order chi connectivity index (χ0) is 10.1. The molecule has 0 aromatic carbocycles. The lowest BCUT2D eigenvalue weighted by Gasteiger charge is -2.20. The van der Waals surface area contributed by atoms with Crippen molar-refractivity contribution in [3.63, 3.8) is 0 Å². The fourth-order valence-electron chi connectivity index (χ4n) is 1.74. The molecular formula is C9H19Cl2N5. The lowest BCUT2D eigenvalue weighted by Crippen LogP contribution is -2.36. The minimum absolute atomic E-state index is 0. The Hall–Kier alpha value is -0.490. The van der Waals surface area contributed by atoms with E-state index in [4.69, 9.17) is 11.5 Å². The van der Waals surface area contributed by atoms with Crippen LogP contribution < -0.4 is 16.8 Å². The van der Waals surface area contributed by atoms with Crippen LogP contribution in [0.5, 0.6) is 0 Å². The van der Waals surface area contributed by atoms with Crippen molar-refractivity contribution in [3.8, 4) is 0 Å². The van der Waals surface area contributed by atoms with Crippen LogP contribution in [0.1, 0.15) is 24.8 Å². The fourth-order valence-corrected chi connectivity index (χ4v) is 1.74. The minimum atomic E-state index is -0.326. The molecule has 1 aromatic rings. The van der Waals surface area contributed by atoms with E-state index in [-0.39, 0.29) is 36.9 Å². The van der Waals surface area contributed by atoms with E-state index >= 15 is 0 Å². The molecule has 5 N–H and O–H groups in total. The second-order valence-electron chi connectivity index (χ2n) is 3.82. The lowest BCUT2D eigenvalue weighted by atomic mass is 10.0. The highest BCUT2D eigenvalue weighted by atomic mass is 35.5. The van der Waals surface area contributed by atoms with Gasteiger partial charge in [-0.1, -0.05) is 6.92 Å². The third-order valence-corrected chi connectivity index (χ3v) is 2.77. The van der Waals surface area contributed by atoms with Gasteiger partial charge in [-0.15, -0.1) is 24.8 Å². The molecule has 0 saturated heterocycles. The van der Waals surface area contributed by atoms with E-state index in [9.17, 15) is 0 Å². The number of nitrogens with one attached hydrogen (secondary N) is 1. The molecule has 1 aromatic heterocycles. The number of nitrogens with zero attached hydrogens (tertiary/aromatic N) is 2. The van der Waals surface area contributed by atoms with Crippen LogP contribution >= 0.6 is 24.8 Å².